The Balaban J connectivity index is 1.68. The van der Waals surface area contributed by atoms with E-state index in [2.05, 4.69) is 12.1 Å². The molecule has 1 aromatic carbocycles. The lowest BCUT2D eigenvalue weighted by Gasteiger charge is -2.18. The van der Waals surface area contributed by atoms with Crippen LogP contribution in [0.25, 0.3) is 0 Å². The highest BCUT2D eigenvalue weighted by atomic mass is 16.6. The minimum Gasteiger partial charge on any atom is -0.381 e. The van der Waals surface area contributed by atoms with Crippen LogP contribution in [0, 0.1) is 0 Å². The van der Waals surface area contributed by atoms with Gasteiger partial charge in [0.05, 0.1) is 19.8 Å². The molecular weight excluding hydrogens is 308 g/mol. The van der Waals surface area contributed by atoms with E-state index in [0.29, 0.717) is 33.0 Å². The molecule has 5 nitrogen and oxygen atoms in total. The maximum absolute atomic E-state index is 5.89. The summed E-state index contributed by atoms with van der Waals surface area (Å²) < 4.78 is 28.5. The lowest BCUT2D eigenvalue weighted by Crippen LogP contribution is -2.27. The lowest BCUT2D eigenvalue weighted by molar-refractivity contribution is -0.0676. The first-order valence-corrected chi connectivity index (χ1v) is 8.91. The van der Waals surface area contributed by atoms with Crippen LogP contribution in [0.5, 0.6) is 0 Å². The molecule has 1 aliphatic rings. The van der Waals surface area contributed by atoms with Gasteiger partial charge in [-0.2, -0.15) is 0 Å². The van der Waals surface area contributed by atoms with E-state index in [4.69, 9.17) is 23.7 Å². The van der Waals surface area contributed by atoms with Gasteiger partial charge in [0, 0.05) is 39.6 Å². The Bertz CT molecular complexity index is 382. The van der Waals surface area contributed by atoms with E-state index in [1.807, 2.05) is 18.2 Å². The minimum absolute atomic E-state index is 0.0419. The normalized spacial score (nSPS) is 22.4. The number of hydrogen-bond donors (Lipinski definition) is 0. The Kier molecular flexibility index (Phi) is 10.7. The molecule has 0 aliphatic carbocycles. The van der Waals surface area contributed by atoms with Crippen molar-refractivity contribution in [3.8, 4) is 0 Å². The molecule has 1 saturated heterocycles. The minimum atomic E-state index is -0.0419. The van der Waals surface area contributed by atoms with E-state index in [9.17, 15) is 0 Å². The Morgan fingerprint density at radius 2 is 1.42 bits per heavy atom. The van der Waals surface area contributed by atoms with Gasteiger partial charge in [0.1, 0.15) is 6.10 Å². The maximum Gasteiger partial charge on any atom is 0.104 e. The third-order valence-electron chi connectivity index (χ3n) is 3.66. The van der Waals surface area contributed by atoms with Crippen molar-refractivity contribution in [1.29, 1.82) is 0 Å². The summed E-state index contributed by atoms with van der Waals surface area (Å²) in [6.45, 7) is 5.99. The van der Waals surface area contributed by atoms with E-state index in [0.717, 1.165) is 45.7 Å². The molecule has 1 atom stereocenters. The third kappa shape index (κ3) is 9.35. The molecule has 1 fully saturated rings. The van der Waals surface area contributed by atoms with Crippen LogP contribution in [0.4, 0.5) is 0 Å². The fraction of sp³-hybridized carbons (Fsp3) is 0.684. The predicted molar refractivity (Wildman–Crippen MR) is 92.1 cm³/mol. The van der Waals surface area contributed by atoms with Gasteiger partial charge in [0.15, 0.2) is 0 Å². The van der Waals surface area contributed by atoms with Gasteiger partial charge in [-0.1, -0.05) is 30.3 Å². The monoisotopic (exact) mass is 338 g/mol. The lowest BCUT2D eigenvalue weighted by atomic mass is 10.2. The topological polar surface area (TPSA) is 46.2 Å². The largest absolute Gasteiger partial charge is 0.381 e. The molecule has 5 heteroatoms. The predicted octanol–water partition coefficient (Wildman–Crippen LogP) is 2.82. The van der Waals surface area contributed by atoms with Gasteiger partial charge >= 0.3 is 0 Å². The average molecular weight is 338 g/mol. The molecule has 0 radical (unpaired) electrons. The molecule has 2 rings (SSSR count). The zero-order chi connectivity index (χ0) is 16.7. The van der Waals surface area contributed by atoms with Crippen LogP contribution in [0.3, 0.4) is 0 Å². The van der Waals surface area contributed by atoms with E-state index in [1.165, 1.54) is 5.56 Å². The van der Waals surface area contributed by atoms with Crippen molar-refractivity contribution < 1.29 is 23.7 Å². The number of benzene rings is 1. The van der Waals surface area contributed by atoms with Gasteiger partial charge in [-0.25, -0.2) is 0 Å². The maximum atomic E-state index is 5.89. The molecule has 0 aromatic heterocycles. The quantitative estimate of drug-likeness (QED) is 0.845. The third-order valence-corrected chi connectivity index (χ3v) is 3.66. The van der Waals surface area contributed by atoms with Crippen molar-refractivity contribution in [2.45, 2.75) is 32.0 Å². The molecule has 24 heavy (non-hydrogen) atoms. The summed E-state index contributed by atoms with van der Waals surface area (Å²) in [6.07, 6.45) is 2.69. The second-order valence-electron chi connectivity index (χ2n) is 5.85. The van der Waals surface area contributed by atoms with Crippen molar-refractivity contribution in [2.24, 2.45) is 0 Å². The standard InChI is InChI=1S/C19H30O5/c1-2-7-18(8-3-1)15-23-17-19-16-22-13-5-11-20-9-4-10-21-12-6-14-24-19/h1-3,7-8,19H,4-6,9-17H2. The first kappa shape index (κ1) is 19.3. The molecule has 0 spiro atoms. The van der Waals surface area contributed by atoms with E-state index in [1.54, 1.807) is 0 Å². The summed E-state index contributed by atoms with van der Waals surface area (Å²) in [6, 6.07) is 10.2. The number of hydrogen-bond acceptors (Lipinski definition) is 5. The average Bonchev–Trinajstić information content (AvgIpc) is 2.62. The van der Waals surface area contributed by atoms with Crippen molar-refractivity contribution >= 4 is 0 Å². The zero-order valence-electron chi connectivity index (χ0n) is 14.5. The highest BCUT2D eigenvalue weighted by Gasteiger charge is 2.10. The smallest absolute Gasteiger partial charge is 0.104 e. The van der Waals surface area contributed by atoms with Crippen molar-refractivity contribution in [3.05, 3.63) is 35.9 Å². The molecule has 136 valence electrons. The van der Waals surface area contributed by atoms with Crippen LogP contribution in [0.15, 0.2) is 30.3 Å². The van der Waals surface area contributed by atoms with Crippen LogP contribution < -0.4 is 0 Å². The summed E-state index contributed by atoms with van der Waals surface area (Å²) in [7, 11) is 0. The summed E-state index contributed by atoms with van der Waals surface area (Å²) >= 11 is 0. The van der Waals surface area contributed by atoms with Crippen molar-refractivity contribution in [2.75, 3.05) is 52.9 Å². The Morgan fingerprint density at radius 3 is 2.12 bits per heavy atom. The van der Waals surface area contributed by atoms with Crippen molar-refractivity contribution in [3.63, 3.8) is 0 Å². The molecule has 0 saturated carbocycles. The number of ether oxygens (including phenoxy) is 5. The van der Waals surface area contributed by atoms with Gasteiger partial charge in [-0.15, -0.1) is 0 Å². The van der Waals surface area contributed by atoms with Crippen LogP contribution in [0.1, 0.15) is 24.8 Å². The molecule has 0 bridgehead atoms. The molecule has 1 unspecified atom stereocenters. The summed E-state index contributed by atoms with van der Waals surface area (Å²) in [5, 5.41) is 0. The van der Waals surface area contributed by atoms with Gasteiger partial charge in [-0.05, 0) is 24.8 Å². The van der Waals surface area contributed by atoms with E-state index < -0.39 is 0 Å². The molecule has 1 aromatic rings. The molecule has 0 N–H and O–H groups in total. The fourth-order valence-electron chi connectivity index (χ4n) is 2.38. The molecule has 0 amide bonds. The van der Waals surface area contributed by atoms with Gasteiger partial charge in [0.25, 0.3) is 0 Å². The van der Waals surface area contributed by atoms with Crippen molar-refractivity contribution in [1.82, 2.24) is 0 Å². The van der Waals surface area contributed by atoms with E-state index >= 15 is 0 Å². The molecule has 1 heterocycles. The zero-order valence-corrected chi connectivity index (χ0v) is 14.5. The van der Waals surface area contributed by atoms with Crippen LogP contribution in [-0.2, 0) is 30.3 Å². The second kappa shape index (κ2) is 13.3. The van der Waals surface area contributed by atoms with E-state index in [-0.39, 0.29) is 6.10 Å². The summed E-state index contributed by atoms with van der Waals surface area (Å²) in [4.78, 5) is 0. The Hall–Kier alpha value is -0.980. The fourth-order valence-corrected chi connectivity index (χ4v) is 2.38. The van der Waals surface area contributed by atoms with Crippen LogP contribution in [-0.4, -0.2) is 59.0 Å². The van der Waals surface area contributed by atoms with Crippen LogP contribution >= 0.6 is 0 Å². The summed E-state index contributed by atoms with van der Waals surface area (Å²) in [5.74, 6) is 0. The first-order valence-electron chi connectivity index (χ1n) is 8.91. The highest BCUT2D eigenvalue weighted by molar-refractivity contribution is 5.13. The molecular formula is C19H30O5. The van der Waals surface area contributed by atoms with Gasteiger partial charge in [-0.3, -0.25) is 0 Å². The van der Waals surface area contributed by atoms with Gasteiger partial charge < -0.3 is 23.7 Å². The first-order chi connectivity index (χ1) is 11.9. The van der Waals surface area contributed by atoms with Crippen LogP contribution in [0.2, 0.25) is 0 Å². The SMILES string of the molecule is c1ccc(COCC2COCCCOCCCOCCCO2)cc1. The van der Waals surface area contributed by atoms with Gasteiger partial charge in [0.2, 0.25) is 0 Å². The Morgan fingerprint density at radius 1 is 0.792 bits per heavy atom. The second-order valence-corrected chi connectivity index (χ2v) is 5.85. The number of rotatable bonds is 4. The Labute approximate surface area is 145 Å². The highest BCUT2D eigenvalue weighted by Crippen LogP contribution is 2.04. The summed E-state index contributed by atoms with van der Waals surface area (Å²) in [5.41, 5.74) is 1.17. The molecule has 1 aliphatic heterocycles.